The lowest BCUT2D eigenvalue weighted by molar-refractivity contribution is -0.150. The second-order valence-corrected chi connectivity index (χ2v) is 2.93. The van der Waals surface area contributed by atoms with Crippen molar-refractivity contribution in [2.45, 2.75) is 13.0 Å². The maximum atomic E-state index is 11.1. The van der Waals surface area contributed by atoms with Crippen LogP contribution in [0.5, 0.6) is 5.75 Å². The van der Waals surface area contributed by atoms with Gasteiger partial charge in [-0.3, -0.25) is 0 Å². The molecular weight excluding hydrogens is 196 g/mol. The number of aliphatic hydroxyl groups excluding tert-OH is 1. The summed E-state index contributed by atoms with van der Waals surface area (Å²) < 4.78 is 9.68. The van der Waals surface area contributed by atoms with E-state index in [0.717, 1.165) is 0 Å². The van der Waals surface area contributed by atoms with Crippen LogP contribution in [0, 0.1) is 0 Å². The number of aliphatic hydroxyl groups is 1. The summed E-state index contributed by atoms with van der Waals surface area (Å²) in [5.41, 5.74) is 0.466. The highest BCUT2D eigenvalue weighted by Gasteiger charge is 2.17. The molecule has 0 fully saturated rings. The van der Waals surface area contributed by atoms with Crippen molar-refractivity contribution in [3.63, 3.8) is 0 Å². The van der Waals surface area contributed by atoms with Gasteiger partial charge in [0.1, 0.15) is 5.75 Å². The molecule has 15 heavy (non-hydrogen) atoms. The van der Waals surface area contributed by atoms with E-state index in [1.54, 1.807) is 24.3 Å². The molecule has 4 nitrogen and oxygen atoms in total. The molecule has 0 saturated heterocycles. The lowest BCUT2D eigenvalue weighted by Crippen LogP contribution is -2.13. The molecule has 0 heterocycles. The first-order valence-electron chi connectivity index (χ1n) is 4.67. The highest BCUT2D eigenvalue weighted by molar-refractivity contribution is 5.76. The fraction of sp³-hybridized carbons (Fsp3) is 0.364. The molecule has 0 aliphatic heterocycles. The summed E-state index contributed by atoms with van der Waals surface area (Å²) in [4.78, 5) is 11.1. The van der Waals surface area contributed by atoms with Crippen molar-refractivity contribution in [3.05, 3.63) is 29.8 Å². The average Bonchev–Trinajstić information content (AvgIpc) is 2.28. The van der Waals surface area contributed by atoms with E-state index >= 15 is 0 Å². The molecule has 0 aliphatic carbocycles. The summed E-state index contributed by atoms with van der Waals surface area (Å²) in [7, 11) is 1.23. The zero-order valence-corrected chi connectivity index (χ0v) is 8.77. The van der Waals surface area contributed by atoms with E-state index in [-0.39, 0.29) is 0 Å². The number of esters is 1. The molecule has 0 spiro atoms. The van der Waals surface area contributed by atoms with E-state index in [0.29, 0.717) is 17.9 Å². The third kappa shape index (κ3) is 2.95. The summed E-state index contributed by atoms with van der Waals surface area (Å²) in [5, 5.41) is 9.55. The van der Waals surface area contributed by atoms with Gasteiger partial charge in [-0.25, -0.2) is 4.79 Å². The van der Waals surface area contributed by atoms with Crippen LogP contribution in [0.2, 0.25) is 0 Å². The standard InChI is InChI=1S/C11H14O4/c1-3-15-9-6-4-5-8(7-9)10(12)11(13)14-2/h4-7,10,12H,3H2,1-2H3. The van der Waals surface area contributed by atoms with E-state index in [4.69, 9.17) is 4.74 Å². The maximum Gasteiger partial charge on any atom is 0.339 e. The second kappa shape index (κ2) is 5.36. The summed E-state index contributed by atoms with van der Waals surface area (Å²) >= 11 is 0. The molecule has 1 aromatic rings. The number of hydrogen-bond donors (Lipinski definition) is 1. The zero-order valence-electron chi connectivity index (χ0n) is 8.77. The maximum absolute atomic E-state index is 11.1. The minimum atomic E-state index is -1.25. The molecule has 4 heteroatoms. The lowest BCUT2D eigenvalue weighted by Gasteiger charge is -2.10. The molecule has 1 unspecified atom stereocenters. The minimum absolute atomic E-state index is 0.466. The van der Waals surface area contributed by atoms with Gasteiger partial charge < -0.3 is 14.6 Å². The molecule has 82 valence electrons. The van der Waals surface area contributed by atoms with Crippen molar-refractivity contribution < 1.29 is 19.4 Å². The summed E-state index contributed by atoms with van der Waals surface area (Å²) in [6, 6.07) is 6.73. The van der Waals surface area contributed by atoms with Crippen LogP contribution >= 0.6 is 0 Å². The third-order valence-corrected chi connectivity index (χ3v) is 1.91. The molecule has 0 aromatic heterocycles. The molecule has 0 saturated carbocycles. The zero-order chi connectivity index (χ0) is 11.3. The highest BCUT2D eigenvalue weighted by atomic mass is 16.5. The normalized spacial score (nSPS) is 11.9. The Kier molecular flexibility index (Phi) is 4.12. The third-order valence-electron chi connectivity index (χ3n) is 1.91. The quantitative estimate of drug-likeness (QED) is 0.761. The Morgan fingerprint density at radius 2 is 2.27 bits per heavy atom. The van der Waals surface area contributed by atoms with Crippen LogP contribution in [-0.4, -0.2) is 24.8 Å². The molecule has 1 aromatic carbocycles. The van der Waals surface area contributed by atoms with Gasteiger partial charge in [0.25, 0.3) is 0 Å². The van der Waals surface area contributed by atoms with Gasteiger partial charge >= 0.3 is 5.97 Å². The fourth-order valence-electron chi connectivity index (χ4n) is 1.19. The molecule has 1 atom stereocenters. The number of hydrogen-bond acceptors (Lipinski definition) is 4. The summed E-state index contributed by atoms with van der Waals surface area (Å²) in [6.45, 7) is 2.40. The Morgan fingerprint density at radius 3 is 2.87 bits per heavy atom. The van der Waals surface area contributed by atoms with Crippen molar-refractivity contribution in [2.24, 2.45) is 0 Å². The van der Waals surface area contributed by atoms with Crippen LogP contribution in [-0.2, 0) is 9.53 Å². The van der Waals surface area contributed by atoms with Crippen molar-refractivity contribution >= 4 is 5.97 Å². The van der Waals surface area contributed by atoms with E-state index in [1.807, 2.05) is 6.92 Å². The number of carbonyl (C=O) groups excluding carboxylic acids is 1. The Labute approximate surface area is 88.4 Å². The second-order valence-electron chi connectivity index (χ2n) is 2.93. The van der Waals surface area contributed by atoms with Crippen LogP contribution in [0.25, 0.3) is 0 Å². The topological polar surface area (TPSA) is 55.8 Å². The van der Waals surface area contributed by atoms with Crippen LogP contribution in [0.3, 0.4) is 0 Å². The van der Waals surface area contributed by atoms with Crippen molar-refractivity contribution in [2.75, 3.05) is 13.7 Å². The summed E-state index contributed by atoms with van der Waals surface area (Å²) in [6.07, 6.45) is -1.25. The molecule has 0 radical (unpaired) electrons. The Morgan fingerprint density at radius 1 is 1.53 bits per heavy atom. The summed E-state index contributed by atoms with van der Waals surface area (Å²) in [5.74, 6) is -0.0541. The van der Waals surface area contributed by atoms with E-state index in [9.17, 15) is 9.90 Å². The van der Waals surface area contributed by atoms with Gasteiger partial charge in [-0.15, -0.1) is 0 Å². The lowest BCUT2D eigenvalue weighted by atomic mass is 10.1. The van der Waals surface area contributed by atoms with Gasteiger partial charge in [0.15, 0.2) is 6.10 Å². The van der Waals surface area contributed by atoms with Gasteiger partial charge in [0.05, 0.1) is 13.7 Å². The van der Waals surface area contributed by atoms with Crippen molar-refractivity contribution in [1.29, 1.82) is 0 Å². The van der Waals surface area contributed by atoms with E-state index in [2.05, 4.69) is 4.74 Å². The van der Waals surface area contributed by atoms with Crippen LogP contribution < -0.4 is 4.74 Å². The first kappa shape index (κ1) is 11.5. The monoisotopic (exact) mass is 210 g/mol. The number of benzene rings is 1. The number of carbonyl (C=O) groups is 1. The smallest absolute Gasteiger partial charge is 0.339 e. The Hall–Kier alpha value is -1.55. The average molecular weight is 210 g/mol. The SMILES string of the molecule is CCOc1cccc(C(O)C(=O)OC)c1. The number of rotatable bonds is 4. The first-order valence-corrected chi connectivity index (χ1v) is 4.67. The molecule has 1 rings (SSSR count). The number of ether oxygens (including phenoxy) is 2. The Balaban J connectivity index is 2.84. The molecular formula is C11H14O4. The van der Waals surface area contributed by atoms with Gasteiger partial charge in [-0.2, -0.15) is 0 Å². The fourth-order valence-corrected chi connectivity index (χ4v) is 1.19. The van der Waals surface area contributed by atoms with Gasteiger partial charge in [-0.05, 0) is 24.6 Å². The van der Waals surface area contributed by atoms with E-state index in [1.165, 1.54) is 7.11 Å². The number of methoxy groups -OCH3 is 1. The van der Waals surface area contributed by atoms with Crippen LogP contribution in [0.15, 0.2) is 24.3 Å². The largest absolute Gasteiger partial charge is 0.494 e. The Bertz CT molecular complexity index is 335. The highest BCUT2D eigenvalue weighted by Crippen LogP contribution is 2.20. The molecule has 1 N–H and O–H groups in total. The van der Waals surface area contributed by atoms with Gasteiger partial charge in [-0.1, -0.05) is 12.1 Å². The molecule has 0 bridgehead atoms. The van der Waals surface area contributed by atoms with Crippen molar-refractivity contribution in [1.82, 2.24) is 0 Å². The molecule has 0 amide bonds. The van der Waals surface area contributed by atoms with Crippen molar-refractivity contribution in [3.8, 4) is 5.75 Å². The van der Waals surface area contributed by atoms with Gasteiger partial charge in [0.2, 0.25) is 0 Å². The predicted molar refractivity (Wildman–Crippen MR) is 54.6 cm³/mol. The predicted octanol–water partition coefficient (Wildman–Crippen LogP) is 1.29. The van der Waals surface area contributed by atoms with Crippen LogP contribution in [0.1, 0.15) is 18.6 Å². The van der Waals surface area contributed by atoms with E-state index < -0.39 is 12.1 Å². The van der Waals surface area contributed by atoms with Crippen LogP contribution in [0.4, 0.5) is 0 Å². The molecule has 0 aliphatic rings. The minimum Gasteiger partial charge on any atom is -0.494 e. The van der Waals surface area contributed by atoms with Gasteiger partial charge in [0, 0.05) is 0 Å². The first-order chi connectivity index (χ1) is 7.19.